The highest BCUT2D eigenvalue weighted by molar-refractivity contribution is 6.30. The highest BCUT2D eigenvalue weighted by Crippen LogP contribution is 2.21. The molecule has 0 saturated heterocycles. The van der Waals surface area contributed by atoms with E-state index in [1.54, 1.807) is 35.2 Å². The first-order valence-corrected chi connectivity index (χ1v) is 12.0. The Balaban J connectivity index is 1.77. The van der Waals surface area contributed by atoms with Crippen LogP contribution in [0.25, 0.3) is 0 Å². The fourth-order valence-electron chi connectivity index (χ4n) is 3.61. The highest BCUT2D eigenvalue weighted by Gasteiger charge is 2.18. The van der Waals surface area contributed by atoms with Gasteiger partial charge in [-0.25, -0.2) is 4.79 Å². The Kier molecular flexibility index (Phi) is 9.34. The van der Waals surface area contributed by atoms with Gasteiger partial charge in [-0.2, -0.15) is 0 Å². The molecule has 0 aliphatic rings. The monoisotopic (exact) mass is 489 g/mol. The third kappa shape index (κ3) is 7.63. The van der Waals surface area contributed by atoms with Crippen molar-refractivity contribution in [1.82, 2.24) is 4.90 Å². The number of aromatic hydroxyl groups is 1. The van der Waals surface area contributed by atoms with E-state index in [1.165, 1.54) is 12.1 Å². The van der Waals surface area contributed by atoms with Gasteiger partial charge in [0, 0.05) is 34.8 Å². The predicted molar refractivity (Wildman–Crippen MR) is 138 cm³/mol. The number of rotatable bonds is 9. The first-order valence-electron chi connectivity index (χ1n) is 11.6. The number of aromatic carboxylic acids is 1. The number of nitrogens with zero attached hydrogens (tertiary/aromatic N) is 1. The zero-order valence-corrected chi connectivity index (χ0v) is 20.4. The zero-order valence-electron chi connectivity index (χ0n) is 19.6. The molecule has 0 atom stereocenters. The number of halogens is 1. The van der Waals surface area contributed by atoms with E-state index >= 15 is 0 Å². The van der Waals surface area contributed by atoms with Gasteiger partial charge >= 0.3 is 5.97 Å². The number of phenols is 1. The number of benzene rings is 3. The van der Waals surface area contributed by atoms with Gasteiger partial charge in [-0.1, -0.05) is 55.7 Å². The molecule has 0 saturated carbocycles. The molecule has 6 heteroatoms. The van der Waals surface area contributed by atoms with Crippen LogP contribution in [0.1, 0.15) is 70.0 Å². The number of carbonyl (C=O) groups is 2. The molecule has 35 heavy (non-hydrogen) atoms. The summed E-state index contributed by atoms with van der Waals surface area (Å²) >= 11 is 5.91. The summed E-state index contributed by atoms with van der Waals surface area (Å²) in [6, 6.07) is 18.8. The Labute approximate surface area is 211 Å². The second kappa shape index (κ2) is 12.6. The minimum Gasteiger partial charge on any atom is -0.507 e. The molecule has 180 valence electrons. The molecule has 0 heterocycles. The van der Waals surface area contributed by atoms with Crippen LogP contribution in [0.2, 0.25) is 5.02 Å². The van der Waals surface area contributed by atoms with Crippen molar-refractivity contribution >= 4 is 23.5 Å². The van der Waals surface area contributed by atoms with E-state index in [-0.39, 0.29) is 23.8 Å². The van der Waals surface area contributed by atoms with Crippen LogP contribution in [0.4, 0.5) is 0 Å². The quantitative estimate of drug-likeness (QED) is 0.270. The molecule has 0 fully saturated rings. The third-order valence-electron chi connectivity index (χ3n) is 5.56. The Morgan fingerprint density at radius 3 is 2.11 bits per heavy atom. The molecule has 0 bridgehead atoms. The average Bonchev–Trinajstić information content (AvgIpc) is 2.86. The van der Waals surface area contributed by atoms with Crippen LogP contribution in [-0.2, 0) is 6.54 Å². The maximum Gasteiger partial charge on any atom is 0.339 e. The number of amides is 1. The lowest BCUT2D eigenvalue weighted by atomic mass is 10.1. The molecule has 1 amide bonds. The largest absolute Gasteiger partial charge is 0.507 e. The van der Waals surface area contributed by atoms with Crippen molar-refractivity contribution in [3.8, 4) is 17.6 Å². The normalized spacial score (nSPS) is 10.3. The number of carboxylic acids is 1. The molecular formula is C29H28ClNO4. The smallest absolute Gasteiger partial charge is 0.339 e. The van der Waals surface area contributed by atoms with E-state index in [9.17, 15) is 19.8 Å². The van der Waals surface area contributed by atoms with Gasteiger partial charge in [0.25, 0.3) is 5.91 Å². The SMILES string of the molecule is CCCCCCN(Cc1ccc(O)c(C(=O)O)c1)C(=O)c1ccc(C#Cc2ccc(Cl)cc2)cc1. The molecule has 0 radical (unpaired) electrons. The molecule has 5 nitrogen and oxygen atoms in total. The summed E-state index contributed by atoms with van der Waals surface area (Å²) in [7, 11) is 0. The average molecular weight is 490 g/mol. The van der Waals surface area contributed by atoms with Crippen molar-refractivity contribution in [3.05, 3.63) is 99.6 Å². The number of hydrogen-bond donors (Lipinski definition) is 2. The fraction of sp³-hybridized carbons (Fsp3) is 0.241. The van der Waals surface area contributed by atoms with Crippen LogP contribution < -0.4 is 0 Å². The fourth-order valence-corrected chi connectivity index (χ4v) is 3.74. The molecule has 3 aromatic rings. The molecular weight excluding hydrogens is 462 g/mol. The molecule has 2 N–H and O–H groups in total. The van der Waals surface area contributed by atoms with Gasteiger partial charge in [-0.05, 0) is 72.6 Å². The maximum atomic E-state index is 13.3. The molecule has 0 unspecified atom stereocenters. The predicted octanol–water partition coefficient (Wildman–Crippen LogP) is 6.37. The second-order valence-corrected chi connectivity index (χ2v) is 8.71. The molecule has 0 aromatic heterocycles. The van der Waals surface area contributed by atoms with Crippen LogP contribution >= 0.6 is 11.6 Å². The van der Waals surface area contributed by atoms with E-state index in [1.807, 2.05) is 24.3 Å². The summed E-state index contributed by atoms with van der Waals surface area (Å²) in [5.74, 6) is 4.53. The topological polar surface area (TPSA) is 77.8 Å². The van der Waals surface area contributed by atoms with Crippen LogP contribution in [0.15, 0.2) is 66.7 Å². The van der Waals surface area contributed by atoms with Crippen LogP contribution in [0.5, 0.6) is 5.75 Å². The first kappa shape index (κ1) is 25.9. The summed E-state index contributed by atoms with van der Waals surface area (Å²) < 4.78 is 0. The van der Waals surface area contributed by atoms with Crippen LogP contribution in [0.3, 0.4) is 0 Å². The first-order chi connectivity index (χ1) is 16.9. The lowest BCUT2D eigenvalue weighted by Crippen LogP contribution is -2.31. The molecule has 0 spiro atoms. The lowest BCUT2D eigenvalue weighted by molar-refractivity contribution is 0.0693. The van der Waals surface area contributed by atoms with E-state index in [0.29, 0.717) is 22.7 Å². The maximum absolute atomic E-state index is 13.3. The number of carbonyl (C=O) groups excluding carboxylic acids is 1. The second-order valence-electron chi connectivity index (χ2n) is 8.28. The van der Waals surface area contributed by atoms with Crippen molar-refractivity contribution in [2.24, 2.45) is 0 Å². The minimum absolute atomic E-state index is 0.136. The summed E-state index contributed by atoms with van der Waals surface area (Å²) in [4.78, 5) is 26.4. The summed E-state index contributed by atoms with van der Waals surface area (Å²) in [6.07, 6.45) is 4.04. The van der Waals surface area contributed by atoms with Gasteiger partial charge in [0.1, 0.15) is 11.3 Å². The Hall–Kier alpha value is -3.75. The van der Waals surface area contributed by atoms with Gasteiger partial charge < -0.3 is 15.1 Å². The van der Waals surface area contributed by atoms with E-state index in [2.05, 4.69) is 18.8 Å². The van der Waals surface area contributed by atoms with Gasteiger partial charge in [0.2, 0.25) is 0 Å². The molecule has 3 rings (SSSR count). The van der Waals surface area contributed by atoms with E-state index in [0.717, 1.165) is 36.8 Å². The van der Waals surface area contributed by atoms with Crippen molar-refractivity contribution < 1.29 is 19.8 Å². The highest BCUT2D eigenvalue weighted by atomic mass is 35.5. The number of unbranched alkanes of at least 4 members (excludes halogenated alkanes) is 3. The number of hydrogen-bond acceptors (Lipinski definition) is 3. The zero-order chi connectivity index (χ0) is 25.2. The summed E-state index contributed by atoms with van der Waals surface area (Å²) in [5.41, 5.74) is 2.65. The van der Waals surface area contributed by atoms with Crippen LogP contribution in [0, 0.1) is 11.8 Å². The van der Waals surface area contributed by atoms with Gasteiger partial charge in [0.15, 0.2) is 0 Å². The number of carboxylic acid groups (broad SMARTS) is 1. The Morgan fingerprint density at radius 2 is 1.51 bits per heavy atom. The third-order valence-corrected chi connectivity index (χ3v) is 5.81. The van der Waals surface area contributed by atoms with Gasteiger partial charge in [-0.3, -0.25) is 4.79 Å². The molecule has 3 aromatic carbocycles. The van der Waals surface area contributed by atoms with Crippen LogP contribution in [-0.4, -0.2) is 33.5 Å². The Bertz CT molecular complexity index is 1220. The summed E-state index contributed by atoms with van der Waals surface area (Å²) in [6.45, 7) is 2.94. The molecule has 0 aliphatic carbocycles. The van der Waals surface area contributed by atoms with Gasteiger partial charge in [0.05, 0.1) is 0 Å². The van der Waals surface area contributed by atoms with E-state index in [4.69, 9.17) is 11.6 Å². The molecule has 0 aliphatic heterocycles. The summed E-state index contributed by atoms with van der Waals surface area (Å²) in [5, 5.41) is 19.8. The van der Waals surface area contributed by atoms with Gasteiger partial charge in [-0.15, -0.1) is 0 Å². The minimum atomic E-state index is -1.21. The van der Waals surface area contributed by atoms with Crippen molar-refractivity contribution in [2.75, 3.05) is 6.54 Å². The Morgan fingerprint density at radius 1 is 0.886 bits per heavy atom. The van der Waals surface area contributed by atoms with Crippen molar-refractivity contribution in [3.63, 3.8) is 0 Å². The lowest BCUT2D eigenvalue weighted by Gasteiger charge is -2.23. The van der Waals surface area contributed by atoms with Crippen molar-refractivity contribution in [1.29, 1.82) is 0 Å². The van der Waals surface area contributed by atoms with E-state index < -0.39 is 5.97 Å². The standard InChI is InChI=1S/C29H28ClNO4/c1-2-3-4-5-18-31(20-23-12-17-27(32)26(19-23)29(34)35)28(33)24-13-8-21(9-14-24)6-7-22-10-15-25(30)16-11-22/h8-17,19,32H,2-5,18,20H2,1H3,(H,34,35). The van der Waals surface area contributed by atoms with Crippen molar-refractivity contribution in [2.45, 2.75) is 39.2 Å².